The van der Waals surface area contributed by atoms with E-state index >= 15 is 0 Å². The van der Waals surface area contributed by atoms with Crippen LogP contribution in [-0.4, -0.2) is 37.6 Å². The van der Waals surface area contributed by atoms with E-state index in [1.165, 1.54) is 11.3 Å². The molecule has 0 saturated carbocycles. The molecule has 1 N–H and O–H groups in total. The summed E-state index contributed by atoms with van der Waals surface area (Å²) < 4.78 is 7.20. The van der Waals surface area contributed by atoms with Gasteiger partial charge in [-0.15, -0.1) is 21.5 Å². The Kier molecular flexibility index (Phi) is 5.96. The van der Waals surface area contributed by atoms with Gasteiger partial charge in [-0.05, 0) is 32.0 Å². The van der Waals surface area contributed by atoms with E-state index in [0.29, 0.717) is 23.0 Å². The van der Waals surface area contributed by atoms with E-state index in [-0.39, 0.29) is 12.3 Å². The second-order valence-electron chi connectivity index (χ2n) is 6.60. The first-order chi connectivity index (χ1) is 14.5. The van der Waals surface area contributed by atoms with E-state index < -0.39 is 0 Å². The number of fused-ring (bicyclic) bond motifs is 1. The molecule has 4 rings (SSSR count). The number of hydrogen-bond donors (Lipinski definition) is 1. The molecule has 0 aliphatic rings. The molecule has 3 aromatic heterocycles. The maximum atomic E-state index is 12.4. The zero-order valence-corrected chi connectivity index (χ0v) is 18.4. The molecule has 4 aromatic rings. The van der Waals surface area contributed by atoms with Crippen molar-refractivity contribution in [1.29, 1.82) is 0 Å². The number of anilines is 1. The Hall–Kier alpha value is -2.98. The molecule has 0 aliphatic carbocycles. The second-order valence-corrected chi connectivity index (χ2v) is 8.49. The third-order valence-electron chi connectivity index (χ3n) is 4.30. The van der Waals surface area contributed by atoms with Crippen LogP contribution in [-0.2, 0) is 17.0 Å². The van der Waals surface area contributed by atoms with Crippen molar-refractivity contribution in [3.05, 3.63) is 57.8 Å². The number of aromatic nitrogens is 5. The van der Waals surface area contributed by atoms with Crippen LogP contribution < -0.4 is 10.1 Å². The van der Waals surface area contributed by atoms with Crippen LogP contribution >= 0.6 is 23.1 Å². The highest BCUT2D eigenvalue weighted by molar-refractivity contribution is 7.98. The SMILES string of the molecule is COc1ccccc1NC(=O)Cc1nc(CSc2nnc3nc(C)cc(C)n23)cs1. The van der Waals surface area contributed by atoms with E-state index in [1.54, 1.807) is 24.9 Å². The predicted molar refractivity (Wildman–Crippen MR) is 117 cm³/mol. The van der Waals surface area contributed by atoms with Crippen LogP contribution in [0.3, 0.4) is 0 Å². The molecule has 0 radical (unpaired) electrons. The molecule has 0 spiro atoms. The van der Waals surface area contributed by atoms with Crippen LogP contribution in [0.4, 0.5) is 5.69 Å². The van der Waals surface area contributed by atoms with Gasteiger partial charge in [-0.1, -0.05) is 23.9 Å². The van der Waals surface area contributed by atoms with Gasteiger partial charge in [-0.25, -0.2) is 9.97 Å². The molecule has 1 aromatic carbocycles. The minimum atomic E-state index is -0.131. The van der Waals surface area contributed by atoms with Crippen LogP contribution in [0.2, 0.25) is 0 Å². The van der Waals surface area contributed by atoms with Gasteiger partial charge in [0.1, 0.15) is 10.8 Å². The summed E-state index contributed by atoms with van der Waals surface area (Å²) in [4.78, 5) is 21.4. The van der Waals surface area contributed by atoms with E-state index in [4.69, 9.17) is 4.74 Å². The van der Waals surface area contributed by atoms with E-state index in [0.717, 1.165) is 27.2 Å². The Balaban J connectivity index is 1.38. The normalized spacial score (nSPS) is 11.0. The van der Waals surface area contributed by atoms with Gasteiger partial charge >= 0.3 is 0 Å². The minimum Gasteiger partial charge on any atom is -0.495 e. The lowest BCUT2D eigenvalue weighted by Gasteiger charge is -2.08. The molecule has 0 aliphatic heterocycles. The number of nitrogens with one attached hydrogen (secondary N) is 1. The first kappa shape index (κ1) is 20.3. The van der Waals surface area contributed by atoms with Gasteiger partial charge in [0.05, 0.1) is 24.9 Å². The Morgan fingerprint density at radius 2 is 2.07 bits per heavy atom. The number of benzene rings is 1. The standard InChI is InChI=1S/C20H20N6O2S2/c1-12-8-13(2)26-19(21-12)24-25-20(26)30-11-14-10-29-18(22-14)9-17(27)23-15-6-4-5-7-16(15)28-3/h4-8,10H,9,11H2,1-3H3,(H,23,27). The first-order valence-electron chi connectivity index (χ1n) is 9.22. The van der Waals surface area contributed by atoms with Crippen LogP contribution in [0.15, 0.2) is 40.9 Å². The number of carbonyl (C=O) groups excluding carboxylic acids is 1. The van der Waals surface area contributed by atoms with Gasteiger partial charge in [-0.2, -0.15) is 0 Å². The van der Waals surface area contributed by atoms with Crippen LogP contribution in [0.5, 0.6) is 5.75 Å². The van der Waals surface area contributed by atoms with Crippen molar-refractivity contribution in [3.8, 4) is 5.75 Å². The Morgan fingerprint density at radius 1 is 1.23 bits per heavy atom. The molecule has 3 heterocycles. The topological polar surface area (TPSA) is 94.3 Å². The number of nitrogens with zero attached hydrogens (tertiary/aromatic N) is 5. The van der Waals surface area contributed by atoms with Crippen molar-refractivity contribution >= 4 is 40.5 Å². The van der Waals surface area contributed by atoms with Gasteiger partial charge in [0.25, 0.3) is 5.78 Å². The molecule has 154 valence electrons. The third-order valence-corrected chi connectivity index (χ3v) is 6.16. The zero-order valence-electron chi connectivity index (χ0n) is 16.7. The summed E-state index contributed by atoms with van der Waals surface area (Å²) in [7, 11) is 1.58. The Labute approximate surface area is 181 Å². The number of amides is 1. The van der Waals surface area contributed by atoms with E-state index in [9.17, 15) is 4.79 Å². The molecule has 0 saturated heterocycles. The number of hydrogen-bond acceptors (Lipinski definition) is 8. The lowest BCUT2D eigenvalue weighted by molar-refractivity contribution is -0.115. The zero-order chi connectivity index (χ0) is 21.1. The average molecular weight is 441 g/mol. The van der Waals surface area contributed by atoms with Gasteiger partial charge < -0.3 is 10.1 Å². The summed E-state index contributed by atoms with van der Waals surface area (Å²) >= 11 is 3.02. The number of ether oxygens (including phenoxy) is 1. The maximum Gasteiger partial charge on any atom is 0.256 e. The van der Waals surface area contributed by atoms with E-state index in [2.05, 4.69) is 25.5 Å². The van der Waals surface area contributed by atoms with Gasteiger partial charge in [0.15, 0.2) is 5.16 Å². The molecule has 1 amide bonds. The first-order valence-corrected chi connectivity index (χ1v) is 11.1. The summed E-state index contributed by atoms with van der Waals surface area (Å²) in [6.45, 7) is 3.95. The second kappa shape index (κ2) is 8.80. The maximum absolute atomic E-state index is 12.4. The molecule has 0 unspecified atom stereocenters. The summed E-state index contributed by atoms with van der Waals surface area (Å²) in [5.74, 6) is 1.73. The average Bonchev–Trinajstić information content (AvgIpc) is 3.33. The number of rotatable bonds is 7. The van der Waals surface area contributed by atoms with Crippen LogP contribution in [0, 0.1) is 13.8 Å². The number of thioether (sulfide) groups is 1. The fourth-order valence-corrected chi connectivity index (χ4v) is 4.78. The Morgan fingerprint density at radius 3 is 2.90 bits per heavy atom. The fourth-order valence-electron chi connectivity index (χ4n) is 3.01. The molecule has 8 nitrogen and oxygen atoms in total. The summed E-state index contributed by atoms with van der Waals surface area (Å²) in [5.41, 5.74) is 3.51. The largest absolute Gasteiger partial charge is 0.495 e. The monoisotopic (exact) mass is 440 g/mol. The number of aryl methyl sites for hydroxylation is 2. The smallest absolute Gasteiger partial charge is 0.256 e. The Bertz CT molecular complexity index is 1200. The lowest BCUT2D eigenvalue weighted by atomic mass is 10.3. The minimum absolute atomic E-state index is 0.131. The number of carbonyl (C=O) groups is 1. The number of methoxy groups -OCH3 is 1. The van der Waals surface area contributed by atoms with Crippen molar-refractivity contribution < 1.29 is 9.53 Å². The highest BCUT2D eigenvalue weighted by atomic mass is 32.2. The highest BCUT2D eigenvalue weighted by Gasteiger charge is 2.13. The van der Waals surface area contributed by atoms with Crippen molar-refractivity contribution in [3.63, 3.8) is 0 Å². The molecule has 0 bridgehead atoms. The third kappa shape index (κ3) is 4.44. The number of thiazole rings is 1. The molecular weight excluding hydrogens is 420 g/mol. The molecule has 0 fully saturated rings. The fraction of sp³-hybridized carbons (Fsp3) is 0.250. The molecule has 30 heavy (non-hydrogen) atoms. The lowest BCUT2D eigenvalue weighted by Crippen LogP contribution is -2.14. The molecule has 10 heteroatoms. The van der Waals surface area contributed by atoms with Crippen molar-refractivity contribution in [1.82, 2.24) is 24.6 Å². The van der Waals surface area contributed by atoms with Crippen LogP contribution in [0.25, 0.3) is 5.78 Å². The summed E-state index contributed by atoms with van der Waals surface area (Å²) in [5, 5.41) is 14.8. The highest BCUT2D eigenvalue weighted by Crippen LogP contribution is 2.25. The van der Waals surface area contributed by atoms with Gasteiger partial charge in [0.2, 0.25) is 5.91 Å². The van der Waals surface area contributed by atoms with Gasteiger partial charge in [0, 0.05) is 22.5 Å². The van der Waals surface area contributed by atoms with Crippen molar-refractivity contribution in [2.45, 2.75) is 31.2 Å². The molecule has 0 atom stereocenters. The predicted octanol–water partition coefficient (Wildman–Crippen LogP) is 3.68. The quantitative estimate of drug-likeness (QED) is 0.438. The van der Waals surface area contributed by atoms with Crippen molar-refractivity contribution in [2.24, 2.45) is 0 Å². The molecular formula is C20H20N6O2S2. The van der Waals surface area contributed by atoms with Crippen molar-refractivity contribution in [2.75, 3.05) is 12.4 Å². The summed E-state index contributed by atoms with van der Waals surface area (Å²) in [6.07, 6.45) is 0.212. The van der Waals surface area contributed by atoms with E-state index in [1.807, 2.05) is 47.9 Å². The van der Waals surface area contributed by atoms with Gasteiger partial charge in [-0.3, -0.25) is 9.20 Å². The number of para-hydroxylation sites is 2. The summed E-state index contributed by atoms with van der Waals surface area (Å²) in [6, 6.07) is 9.32. The van der Waals surface area contributed by atoms with Crippen LogP contribution in [0.1, 0.15) is 22.1 Å².